The lowest BCUT2D eigenvalue weighted by molar-refractivity contribution is -0.117. The lowest BCUT2D eigenvalue weighted by Gasteiger charge is -2.19. The minimum Gasteiger partial charge on any atom is -0.459 e. The fourth-order valence-corrected chi connectivity index (χ4v) is 3.02. The number of rotatable bonds is 7. The molecule has 0 aliphatic rings. The van der Waals surface area contributed by atoms with Crippen LogP contribution in [0.3, 0.4) is 0 Å². The van der Waals surface area contributed by atoms with E-state index in [9.17, 15) is 18.4 Å². The summed E-state index contributed by atoms with van der Waals surface area (Å²) in [6.45, 7) is 1.77. The molecular weight excluding hydrogens is 446 g/mol. The van der Waals surface area contributed by atoms with E-state index in [0.29, 0.717) is 22.4 Å². The van der Waals surface area contributed by atoms with Crippen molar-refractivity contribution in [3.8, 4) is 23.1 Å². The Morgan fingerprint density at radius 3 is 2.62 bits per heavy atom. The lowest BCUT2D eigenvalue weighted by Crippen LogP contribution is -2.39. The van der Waals surface area contributed by atoms with E-state index in [-0.39, 0.29) is 28.8 Å². The molecule has 2 aromatic heterocycles. The number of nitriles is 1. The number of aromatic nitrogens is 3. The second kappa shape index (κ2) is 10.4. The van der Waals surface area contributed by atoms with Crippen LogP contribution in [0.5, 0.6) is 5.75 Å². The number of pyridine rings is 1. The molecule has 0 fully saturated rings. The van der Waals surface area contributed by atoms with Crippen LogP contribution >= 0.6 is 0 Å². The van der Waals surface area contributed by atoms with Crippen LogP contribution in [0.1, 0.15) is 27.3 Å². The zero-order chi connectivity index (χ0) is 24.8. The van der Waals surface area contributed by atoms with Crippen molar-refractivity contribution in [3.05, 3.63) is 65.0 Å². The molecule has 0 atom stereocenters. The quantitative estimate of drug-likeness (QED) is 0.568. The van der Waals surface area contributed by atoms with Gasteiger partial charge in [-0.2, -0.15) is 5.26 Å². The molecule has 9 nitrogen and oxygen atoms in total. The number of halogens is 2. The van der Waals surface area contributed by atoms with E-state index in [1.807, 2.05) is 6.07 Å². The summed E-state index contributed by atoms with van der Waals surface area (Å²) >= 11 is 0. The van der Waals surface area contributed by atoms with E-state index >= 15 is 0 Å². The molecular formula is C23H20F2N6O3. The largest absolute Gasteiger partial charge is 0.459 e. The van der Waals surface area contributed by atoms with Crippen molar-refractivity contribution < 1.29 is 23.1 Å². The second-order valence-electron chi connectivity index (χ2n) is 7.24. The minimum atomic E-state index is -1.18. The van der Waals surface area contributed by atoms with Gasteiger partial charge in [-0.05, 0) is 43.2 Å². The van der Waals surface area contributed by atoms with Crippen LogP contribution in [0.15, 0.2) is 36.7 Å². The normalized spacial score (nSPS) is 10.4. The molecule has 1 N–H and O–H groups in total. The van der Waals surface area contributed by atoms with Gasteiger partial charge in [0.05, 0.1) is 17.8 Å². The van der Waals surface area contributed by atoms with Crippen LogP contribution in [0.25, 0.3) is 11.3 Å². The third-order valence-electron chi connectivity index (χ3n) is 4.87. The first-order valence-corrected chi connectivity index (χ1v) is 9.99. The number of amides is 2. The number of hydrogen-bond acceptors (Lipinski definition) is 7. The predicted molar refractivity (Wildman–Crippen MR) is 118 cm³/mol. The van der Waals surface area contributed by atoms with E-state index < -0.39 is 25.2 Å². The molecule has 0 saturated heterocycles. The van der Waals surface area contributed by atoms with Crippen LogP contribution in [0, 0.1) is 31.0 Å². The number of alkyl halides is 1. The van der Waals surface area contributed by atoms with E-state index in [2.05, 4.69) is 20.3 Å². The summed E-state index contributed by atoms with van der Waals surface area (Å²) in [7, 11) is 1.37. The minimum absolute atomic E-state index is 0.0172. The van der Waals surface area contributed by atoms with Gasteiger partial charge in [0.2, 0.25) is 18.6 Å². The second-order valence-corrected chi connectivity index (χ2v) is 7.24. The molecule has 1 aromatic carbocycles. The average Bonchev–Trinajstić information content (AvgIpc) is 2.84. The fourth-order valence-electron chi connectivity index (χ4n) is 3.02. The van der Waals surface area contributed by atoms with E-state index in [4.69, 9.17) is 10.00 Å². The zero-order valence-electron chi connectivity index (χ0n) is 18.6. The summed E-state index contributed by atoms with van der Waals surface area (Å²) in [5, 5.41) is 11.4. The number of likely N-dealkylation sites (N-methyl/N-ethyl adjacent to an activating group) is 1. The summed E-state index contributed by atoms with van der Waals surface area (Å²) in [5.74, 6) is -1.92. The molecule has 2 amide bonds. The van der Waals surface area contributed by atoms with Gasteiger partial charge in [0.1, 0.15) is 11.9 Å². The van der Waals surface area contributed by atoms with Gasteiger partial charge >= 0.3 is 0 Å². The summed E-state index contributed by atoms with van der Waals surface area (Å²) < 4.78 is 31.1. The molecule has 0 aliphatic heterocycles. The molecule has 0 unspecified atom stereocenters. The number of carbonyl (C=O) groups is 2. The van der Waals surface area contributed by atoms with Gasteiger partial charge in [-0.3, -0.25) is 14.5 Å². The number of ether oxygens (including phenoxy) is 1. The van der Waals surface area contributed by atoms with Crippen molar-refractivity contribution in [3.63, 3.8) is 0 Å². The van der Waals surface area contributed by atoms with Crippen molar-refractivity contribution in [1.29, 1.82) is 5.26 Å². The number of aryl methyl sites for hydroxylation is 2. The van der Waals surface area contributed by atoms with Gasteiger partial charge in [-0.15, -0.1) is 0 Å². The number of hydrogen-bond donors (Lipinski definition) is 1. The van der Waals surface area contributed by atoms with Crippen molar-refractivity contribution in [2.24, 2.45) is 0 Å². The standard InChI is InChI=1S/C23H20F2N6O3/c1-13-6-16(4-5-17(13)25)20-14(2)9-27-21(30-20)23(33)29-11-19(32)31(3)22-18(34-12-24)7-15(8-26)10-28-22/h4-7,9-10H,11-12H2,1-3H3,(H,29,33). The molecule has 34 heavy (non-hydrogen) atoms. The monoisotopic (exact) mass is 466 g/mol. The molecule has 3 rings (SSSR count). The van der Waals surface area contributed by atoms with E-state index in [1.165, 1.54) is 31.6 Å². The number of nitrogens with zero attached hydrogens (tertiary/aromatic N) is 5. The number of nitrogens with one attached hydrogen (secondary N) is 1. The van der Waals surface area contributed by atoms with Crippen LogP contribution < -0.4 is 15.0 Å². The topological polar surface area (TPSA) is 121 Å². The highest BCUT2D eigenvalue weighted by molar-refractivity contribution is 5.99. The SMILES string of the molecule is Cc1cc(-c2nc(C(=O)NCC(=O)N(C)c3ncc(C#N)cc3OCF)ncc2C)ccc1F. The van der Waals surface area contributed by atoms with Gasteiger partial charge in [-0.25, -0.2) is 23.7 Å². The Balaban J connectivity index is 1.74. The molecule has 0 spiro atoms. The van der Waals surface area contributed by atoms with Crippen molar-refractivity contribution in [1.82, 2.24) is 20.3 Å². The highest BCUT2D eigenvalue weighted by Gasteiger charge is 2.20. The van der Waals surface area contributed by atoms with E-state index in [1.54, 1.807) is 26.0 Å². The van der Waals surface area contributed by atoms with Gasteiger partial charge < -0.3 is 10.1 Å². The van der Waals surface area contributed by atoms with E-state index in [0.717, 1.165) is 4.90 Å². The molecule has 2 heterocycles. The average molecular weight is 466 g/mol. The first-order valence-electron chi connectivity index (χ1n) is 9.99. The maximum atomic E-state index is 13.6. The molecule has 0 aliphatic carbocycles. The summed E-state index contributed by atoms with van der Waals surface area (Å²) in [4.78, 5) is 38.5. The maximum Gasteiger partial charge on any atom is 0.289 e. The Kier molecular flexibility index (Phi) is 7.43. The third kappa shape index (κ3) is 5.29. The van der Waals surface area contributed by atoms with Crippen molar-refractivity contribution in [2.45, 2.75) is 13.8 Å². The lowest BCUT2D eigenvalue weighted by atomic mass is 10.1. The smallest absolute Gasteiger partial charge is 0.289 e. The Labute approximate surface area is 194 Å². The predicted octanol–water partition coefficient (Wildman–Crippen LogP) is 2.86. The fraction of sp³-hybridized carbons (Fsp3) is 0.217. The molecule has 0 bridgehead atoms. The van der Waals surface area contributed by atoms with Gasteiger partial charge in [0.15, 0.2) is 11.6 Å². The van der Waals surface area contributed by atoms with Gasteiger partial charge in [0, 0.05) is 31.1 Å². The van der Waals surface area contributed by atoms with Crippen molar-refractivity contribution in [2.75, 3.05) is 25.4 Å². The van der Waals surface area contributed by atoms with Crippen LogP contribution in [-0.2, 0) is 4.79 Å². The summed E-state index contributed by atoms with van der Waals surface area (Å²) in [5.41, 5.74) is 2.33. The van der Waals surface area contributed by atoms with Crippen LogP contribution in [0.2, 0.25) is 0 Å². The summed E-state index contributed by atoms with van der Waals surface area (Å²) in [6.07, 6.45) is 2.67. The van der Waals surface area contributed by atoms with Crippen LogP contribution in [0.4, 0.5) is 14.6 Å². The molecule has 0 saturated carbocycles. The maximum absolute atomic E-state index is 13.6. The molecule has 3 aromatic rings. The van der Waals surface area contributed by atoms with Gasteiger partial charge in [0.25, 0.3) is 5.91 Å². The summed E-state index contributed by atoms with van der Waals surface area (Å²) in [6, 6.07) is 7.59. The Morgan fingerprint density at radius 1 is 1.18 bits per heavy atom. The number of benzene rings is 1. The Bertz CT molecular complexity index is 1290. The highest BCUT2D eigenvalue weighted by Crippen LogP contribution is 2.26. The van der Waals surface area contributed by atoms with Gasteiger partial charge in [-0.1, -0.05) is 0 Å². The Morgan fingerprint density at radius 2 is 1.94 bits per heavy atom. The number of carbonyl (C=O) groups excluding carboxylic acids is 2. The van der Waals surface area contributed by atoms with Crippen molar-refractivity contribution >= 4 is 17.6 Å². The van der Waals surface area contributed by atoms with Crippen LogP contribution in [-0.4, -0.2) is 47.2 Å². The molecule has 174 valence electrons. The third-order valence-corrected chi connectivity index (χ3v) is 4.87. The first kappa shape index (κ1) is 24.2. The highest BCUT2D eigenvalue weighted by atomic mass is 19.1. The Hall–Kier alpha value is -4.46. The zero-order valence-corrected chi connectivity index (χ0v) is 18.6. The first-order chi connectivity index (χ1) is 16.2. The molecule has 0 radical (unpaired) electrons. The molecule has 11 heteroatoms. The number of anilines is 1.